The Morgan fingerprint density at radius 1 is 1.29 bits per heavy atom. The molecule has 1 fully saturated rings. The van der Waals surface area contributed by atoms with E-state index in [1.807, 2.05) is 25.6 Å². The number of anilines is 2. The minimum absolute atomic E-state index is 0.0205. The molecule has 0 radical (unpaired) electrons. The van der Waals surface area contributed by atoms with Crippen molar-refractivity contribution < 1.29 is 4.79 Å². The van der Waals surface area contributed by atoms with Gasteiger partial charge < -0.3 is 10.2 Å². The topological polar surface area (TPSA) is 75.9 Å². The van der Waals surface area contributed by atoms with Crippen LogP contribution in [0.3, 0.4) is 0 Å². The second kappa shape index (κ2) is 6.98. The highest BCUT2D eigenvalue weighted by Gasteiger charge is 2.19. The molecular formula is C17H24N6O. The lowest BCUT2D eigenvalue weighted by atomic mass is 10.1. The first kappa shape index (κ1) is 16.4. The Bertz CT molecular complexity index is 733. The maximum Gasteiger partial charge on any atom is 0.224 e. The van der Waals surface area contributed by atoms with E-state index in [9.17, 15) is 4.79 Å². The van der Waals surface area contributed by atoms with Crippen LogP contribution in [0.25, 0.3) is 0 Å². The first-order chi connectivity index (χ1) is 11.6. The highest BCUT2D eigenvalue weighted by atomic mass is 16.1. The van der Waals surface area contributed by atoms with Gasteiger partial charge in [-0.1, -0.05) is 0 Å². The van der Waals surface area contributed by atoms with Gasteiger partial charge in [0.15, 0.2) is 5.82 Å². The predicted octanol–water partition coefficient (Wildman–Crippen LogP) is 2.00. The number of nitrogens with zero attached hydrogens (tertiary/aromatic N) is 5. The quantitative estimate of drug-likeness (QED) is 0.908. The van der Waals surface area contributed by atoms with Crippen molar-refractivity contribution in [3.8, 4) is 0 Å². The standard InChI is InChI=1S/C17H24N6O/c1-12-14(13(2)22(3)21-12)6-7-16(24)20-15-10-18-11-19-17(15)23-8-4-5-9-23/h10-11H,4-9H2,1-3H3,(H,20,24). The number of carbonyl (C=O) groups excluding carboxylic acids is 1. The molecule has 128 valence electrons. The van der Waals surface area contributed by atoms with Crippen LogP contribution < -0.4 is 10.2 Å². The first-order valence-electron chi connectivity index (χ1n) is 8.40. The molecule has 24 heavy (non-hydrogen) atoms. The molecular weight excluding hydrogens is 304 g/mol. The van der Waals surface area contributed by atoms with Gasteiger partial charge in [-0.15, -0.1) is 0 Å². The molecule has 1 aliphatic rings. The van der Waals surface area contributed by atoms with Crippen LogP contribution in [0.15, 0.2) is 12.5 Å². The summed E-state index contributed by atoms with van der Waals surface area (Å²) >= 11 is 0. The SMILES string of the molecule is Cc1nn(C)c(C)c1CCC(=O)Nc1cncnc1N1CCCC1. The summed E-state index contributed by atoms with van der Waals surface area (Å²) in [5.41, 5.74) is 3.95. The van der Waals surface area contributed by atoms with Gasteiger partial charge in [0.25, 0.3) is 0 Å². The number of aryl methyl sites for hydroxylation is 2. The van der Waals surface area contributed by atoms with E-state index < -0.39 is 0 Å². The van der Waals surface area contributed by atoms with Crippen LogP contribution in [0.1, 0.15) is 36.2 Å². The summed E-state index contributed by atoms with van der Waals surface area (Å²) in [7, 11) is 1.93. The van der Waals surface area contributed by atoms with Crippen LogP contribution >= 0.6 is 0 Å². The Hall–Kier alpha value is -2.44. The third-order valence-corrected chi connectivity index (χ3v) is 4.63. The fraction of sp³-hybridized carbons (Fsp3) is 0.529. The van der Waals surface area contributed by atoms with Crippen molar-refractivity contribution >= 4 is 17.4 Å². The van der Waals surface area contributed by atoms with Crippen molar-refractivity contribution in [2.24, 2.45) is 7.05 Å². The molecule has 7 nitrogen and oxygen atoms in total. The van der Waals surface area contributed by atoms with Gasteiger partial charge in [-0.3, -0.25) is 9.48 Å². The average Bonchev–Trinajstić information content (AvgIpc) is 3.16. The summed E-state index contributed by atoms with van der Waals surface area (Å²) in [4.78, 5) is 23.0. The highest BCUT2D eigenvalue weighted by Crippen LogP contribution is 2.25. The number of hydrogen-bond acceptors (Lipinski definition) is 5. The van der Waals surface area contributed by atoms with Gasteiger partial charge in [-0.05, 0) is 38.7 Å². The number of rotatable bonds is 5. The molecule has 1 aliphatic heterocycles. The Kier molecular flexibility index (Phi) is 4.78. The van der Waals surface area contributed by atoms with Crippen LogP contribution in [0.5, 0.6) is 0 Å². The summed E-state index contributed by atoms with van der Waals surface area (Å²) in [5, 5.41) is 7.37. The summed E-state index contributed by atoms with van der Waals surface area (Å²) < 4.78 is 1.86. The van der Waals surface area contributed by atoms with Gasteiger partial charge in [0.1, 0.15) is 12.0 Å². The van der Waals surface area contributed by atoms with Gasteiger partial charge in [0.05, 0.1) is 11.9 Å². The molecule has 1 amide bonds. The smallest absolute Gasteiger partial charge is 0.224 e. The Morgan fingerprint density at radius 2 is 2.04 bits per heavy atom. The Labute approximate surface area is 142 Å². The molecule has 0 unspecified atom stereocenters. The monoisotopic (exact) mass is 328 g/mol. The van der Waals surface area contributed by atoms with E-state index >= 15 is 0 Å². The van der Waals surface area contributed by atoms with Gasteiger partial charge in [-0.25, -0.2) is 9.97 Å². The van der Waals surface area contributed by atoms with Crippen LogP contribution in [0.4, 0.5) is 11.5 Å². The molecule has 2 aromatic heterocycles. The van der Waals surface area contributed by atoms with E-state index in [1.54, 1.807) is 6.20 Å². The second-order valence-corrected chi connectivity index (χ2v) is 6.28. The number of hydrogen-bond donors (Lipinski definition) is 1. The molecule has 0 saturated carbocycles. The fourth-order valence-corrected chi connectivity index (χ4v) is 3.22. The molecule has 1 N–H and O–H groups in total. The van der Waals surface area contributed by atoms with Crippen LogP contribution in [-0.4, -0.2) is 38.7 Å². The van der Waals surface area contributed by atoms with Gasteiger partial charge in [0.2, 0.25) is 5.91 Å². The van der Waals surface area contributed by atoms with Crippen molar-refractivity contribution in [3.63, 3.8) is 0 Å². The highest BCUT2D eigenvalue weighted by molar-refractivity contribution is 5.93. The summed E-state index contributed by atoms with van der Waals surface area (Å²) in [6, 6.07) is 0. The lowest BCUT2D eigenvalue weighted by Gasteiger charge is -2.19. The van der Waals surface area contributed by atoms with Crippen molar-refractivity contribution in [2.75, 3.05) is 23.3 Å². The van der Waals surface area contributed by atoms with Crippen molar-refractivity contribution in [3.05, 3.63) is 29.5 Å². The molecule has 0 atom stereocenters. The molecule has 0 bridgehead atoms. The lowest BCUT2D eigenvalue weighted by Crippen LogP contribution is -2.22. The molecule has 7 heteroatoms. The molecule has 1 saturated heterocycles. The zero-order chi connectivity index (χ0) is 17.1. The van der Waals surface area contributed by atoms with Gasteiger partial charge >= 0.3 is 0 Å². The van der Waals surface area contributed by atoms with Crippen LogP contribution in [0.2, 0.25) is 0 Å². The Morgan fingerprint density at radius 3 is 2.71 bits per heavy atom. The lowest BCUT2D eigenvalue weighted by molar-refractivity contribution is -0.116. The molecule has 0 aliphatic carbocycles. The number of nitrogens with one attached hydrogen (secondary N) is 1. The molecule has 3 rings (SSSR count). The van der Waals surface area contributed by atoms with E-state index in [-0.39, 0.29) is 5.91 Å². The van der Waals surface area contributed by atoms with Crippen molar-refractivity contribution in [1.29, 1.82) is 0 Å². The molecule has 0 spiro atoms. The summed E-state index contributed by atoms with van der Waals surface area (Å²) in [5.74, 6) is 0.803. The van der Waals surface area contributed by atoms with E-state index in [0.29, 0.717) is 18.5 Å². The fourth-order valence-electron chi connectivity index (χ4n) is 3.22. The number of carbonyl (C=O) groups is 1. The molecule has 2 aromatic rings. The molecule has 0 aromatic carbocycles. The maximum atomic E-state index is 12.4. The normalized spacial score (nSPS) is 14.2. The third kappa shape index (κ3) is 3.39. The largest absolute Gasteiger partial charge is 0.355 e. The van der Waals surface area contributed by atoms with E-state index in [0.717, 1.165) is 48.7 Å². The number of aromatic nitrogens is 4. The van der Waals surface area contributed by atoms with Crippen LogP contribution in [-0.2, 0) is 18.3 Å². The second-order valence-electron chi connectivity index (χ2n) is 6.28. The zero-order valence-corrected chi connectivity index (χ0v) is 14.5. The van der Waals surface area contributed by atoms with Gasteiger partial charge in [0, 0.05) is 32.3 Å². The minimum Gasteiger partial charge on any atom is -0.355 e. The third-order valence-electron chi connectivity index (χ3n) is 4.63. The first-order valence-corrected chi connectivity index (χ1v) is 8.40. The zero-order valence-electron chi connectivity index (χ0n) is 14.5. The summed E-state index contributed by atoms with van der Waals surface area (Å²) in [6.45, 7) is 5.97. The predicted molar refractivity (Wildman–Crippen MR) is 93.1 cm³/mol. The van der Waals surface area contributed by atoms with Crippen molar-refractivity contribution in [2.45, 2.75) is 39.5 Å². The maximum absolute atomic E-state index is 12.4. The van der Waals surface area contributed by atoms with E-state index in [2.05, 4.69) is 25.3 Å². The summed E-state index contributed by atoms with van der Waals surface area (Å²) in [6.07, 6.45) is 6.64. The van der Waals surface area contributed by atoms with Crippen molar-refractivity contribution in [1.82, 2.24) is 19.7 Å². The van der Waals surface area contributed by atoms with E-state index in [1.165, 1.54) is 6.33 Å². The van der Waals surface area contributed by atoms with E-state index in [4.69, 9.17) is 0 Å². The van der Waals surface area contributed by atoms with Crippen LogP contribution in [0, 0.1) is 13.8 Å². The van der Waals surface area contributed by atoms with Gasteiger partial charge in [-0.2, -0.15) is 5.10 Å². The average molecular weight is 328 g/mol. The molecule has 3 heterocycles. The minimum atomic E-state index is -0.0205. The number of amides is 1. The Balaban J connectivity index is 1.65.